The van der Waals surface area contributed by atoms with Crippen LogP contribution in [-0.4, -0.2) is 34.3 Å². The van der Waals surface area contributed by atoms with Gasteiger partial charge in [-0.3, -0.25) is 0 Å². The SMILES string of the molecule is CC(C)(C)OC(=O)N[C@H]1CC[C@@H](COc2c(Cl)ncnc2Cl)CC1. The highest BCUT2D eigenvalue weighted by molar-refractivity contribution is 6.35. The summed E-state index contributed by atoms with van der Waals surface area (Å²) >= 11 is 11.9. The monoisotopic (exact) mass is 375 g/mol. The summed E-state index contributed by atoms with van der Waals surface area (Å²) in [6.07, 6.45) is 4.61. The maximum atomic E-state index is 11.8. The van der Waals surface area contributed by atoms with E-state index in [1.54, 1.807) is 0 Å². The molecule has 1 amide bonds. The second-order valence-electron chi connectivity index (χ2n) is 6.96. The van der Waals surface area contributed by atoms with Crippen molar-refractivity contribution in [1.29, 1.82) is 0 Å². The molecule has 0 unspecified atom stereocenters. The molecular formula is C16H23Cl2N3O3. The largest absolute Gasteiger partial charge is 0.487 e. The van der Waals surface area contributed by atoms with Gasteiger partial charge in [-0.2, -0.15) is 0 Å². The number of ether oxygens (including phenoxy) is 2. The molecule has 0 atom stereocenters. The molecule has 0 radical (unpaired) electrons. The lowest BCUT2D eigenvalue weighted by atomic mass is 9.86. The van der Waals surface area contributed by atoms with Gasteiger partial charge in [0.2, 0.25) is 0 Å². The Labute approximate surface area is 152 Å². The van der Waals surface area contributed by atoms with Gasteiger partial charge < -0.3 is 14.8 Å². The van der Waals surface area contributed by atoms with Crippen molar-refractivity contribution < 1.29 is 14.3 Å². The number of alkyl carbamates (subject to hydrolysis) is 1. The maximum absolute atomic E-state index is 11.8. The standard InChI is InChI=1S/C16H23Cl2N3O3/c1-16(2,3)24-15(22)21-11-6-4-10(5-7-11)8-23-12-13(17)19-9-20-14(12)18/h9-11H,4-8H2,1-3H3,(H,21,22)/t10-,11+. The van der Waals surface area contributed by atoms with Crippen molar-refractivity contribution in [3.05, 3.63) is 16.6 Å². The van der Waals surface area contributed by atoms with Crippen LogP contribution in [0, 0.1) is 5.92 Å². The first-order valence-corrected chi connectivity index (χ1v) is 8.78. The maximum Gasteiger partial charge on any atom is 0.407 e. The van der Waals surface area contributed by atoms with Gasteiger partial charge in [-0.1, -0.05) is 23.2 Å². The zero-order valence-corrected chi connectivity index (χ0v) is 15.7. The molecule has 1 aliphatic rings. The molecule has 0 aliphatic heterocycles. The smallest absolute Gasteiger partial charge is 0.407 e. The molecule has 6 nitrogen and oxygen atoms in total. The molecule has 0 aromatic carbocycles. The van der Waals surface area contributed by atoms with E-state index < -0.39 is 5.60 Å². The molecule has 0 bridgehead atoms. The molecule has 134 valence electrons. The number of amides is 1. The Morgan fingerprint density at radius 3 is 2.33 bits per heavy atom. The van der Waals surface area contributed by atoms with Crippen LogP contribution in [0.2, 0.25) is 10.3 Å². The number of aromatic nitrogens is 2. The first kappa shape index (κ1) is 19.1. The van der Waals surface area contributed by atoms with E-state index in [4.69, 9.17) is 32.7 Å². The van der Waals surface area contributed by atoms with Crippen LogP contribution in [-0.2, 0) is 4.74 Å². The van der Waals surface area contributed by atoms with E-state index in [1.807, 2.05) is 20.8 Å². The fourth-order valence-electron chi connectivity index (χ4n) is 2.60. The Morgan fingerprint density at radius 2 is 1.79 bits per heavy atom. The van der Waals surface area contributed by atoms with E-state index in [9.17, 15) is 4.79 Å². The van der Waals surface area contributed by atoms with Crippen molar-refractivity contribution in [3.8, 4) is 5.75 Å². The summed E-state index contributed by atoms with van der Waals surface area (Å²) in [5.41, 5.74) is -0.481. The third-order valence-electron chi connectivity index (χ3n) is 3.75. The quantitative estimate of drug-likeness (QED) is 0.796. The van der Waals surface area contributed by atoms with Gasteiger partial charge in [0.15, 0.2) is 16.1 Å². The van der Waals surface area contributed by atoms with Crippen molar-refractivity contribution in [2.75, 3.05) is 6.61 Å². The van der Waals surface area contributed by atoms with Crippen LogP contribution in [0.3, 0.4) is 0 Å². The number of carbonyl (C=O) groups excluding carboxylic acids is 1. The lowest BCUT2D eigenvalue weighted by Gasteiger charge is -2.30. The van der Waals surface area contributed by atoms with E-state index in [-0.39, 0.29) is 22.4 Å². The third-order valence-corrected chi connectivity index (χ3v) is 4.29. The topological polar surface area (TPSA) is 73.3 Å². The molecule has 0 spiro atoms. The summed E-state index contributed by atoms with van der Waals surface area (Å²) in [7, 11) is 0. The van der Waals surface area contributed by atoms with E-state index >= 15 is 0 Å². The molecular weight excluding hydrogens is 353 g/mol. The minimum atomic E-state index is -0.481. The summed E-state index contributed by atoms with van der Waals surface area (Å²) in [6, 6.07) is 0.142. The number of nitrogens with one attached hydrogen (secondary N) is 1. The number of hydrogen-bond donors (Lipinski definition) is 1. The van der Waals surface area contributed by atoms with Gasteiger partial charge in [0.05, 0.1) is 6.61 Å². The number of carbonyl (C=O) groups is 1. The molecule has 24 heavy (non-hydrogen) atoms. The molecule has 1 N–H and O–H groups in total. The highest BCUT2D eigenvalue weighted by Gasteiger charge is 2.25. The zero-order chi connectivity index (χ0) is 17.7. The second kappa shape index (κ2) is 8.21. The first-order valence-electron chi connectivity index (χ1n) is 8.03. The van der Waals surface area contributed by atoms with Gasteiger partial charge in [-0.15, -0.1) is 0 Å². The van der Waals surface area contributed by atoms with Gasteiger partial charge in [-0.05, 0) is 52.4 Å². The Morgan fingerprint density at radius 1 is 1.21 bits per heavy atom. The molecule has 0 saturated heterocycles. The molecule has 1 aliphatic carbocycles. The number of rotatable bonds is 4. The lowest BCUT2D eigenvalue weighted by Crippen LogP contribution is -2.41. The van der Waals surface area contributed by atoms with Crippen molar-refractivity contribution in [1.82, 2.24) is 15.3 Å². The summed E-state index contributed by atoms with van der Waals surface area (Å²) in [5, 5.41) is 3.36. The molecule has 2 rings (SSSR count). The van der Waals surface area contributed by atoms with Crippen molar-refractivity contribution in [2.24, 2.45) is 5.92 Å². The third kappa shape index (κ3) is 5.98. The van der Waals surface area contributed by atoms with E-state index in [1.165, 1.54) is 6.33 Å². The summed E-state index contributed by atoms with van der Waals surface area (Å²) in [6.45, 7) is 6.06. The Bertz CT molecular complexity index is 550. The van der Waals surface area contributed by atoms with Crippen LogP contribution in [0.1, 0.15) is 46.5 Å². The highest BCUT2D eigenvalue weighted by atomic mass is 35.5. The molecule has 1 aromatic heterocycles. The summed E-state index contributed by atoms with van der Waals surface area (Å²) < 4.78 is 11.0. The second-order valence-corrected chi connectivity index (χ2v) is 7.68. The van der Waals surface area contributed by atoms with E-state index in [0.717, 1.165) is 25.7 Å². The van der Waals surface area contributed by atoms with E-state index in [0.29, 0.717) is 18.3 Å². The normalized spacial score (nSPS) is 21.2. The van der Waals surface area contributed by atoms with Crippen LogP contribution < -0.4 is 10.1 Å². The predicted molar refractivity (Wildman–Crippen MR) is 92.7 cm³/mol. The molecule has 1 fully saturated rings. The predicted octanol–water partition coefficient (Wildman–Crippen LogP) is 4.25. The zero-order valence-electron chi connectivity index (χ0n) is 14.1. The van der Waals surface area contributed by atoms with Crippen LogP contribution in [0.15, 0.2) is 6.33 Å². The summed E-state index contributed by atoms with van der Waals surface area (Å²) in [4.78, 5) is 19.5. The Kier molecular flexibility index (Phi) is 6.52. The lowest BCUT2D eigenvalue weighted by molar-refractivity contribution is 0.0483. The van der Waals surface area contributed by atoms with Crippen LogP contribution >= 0.6 is 23.2 Å². The molecule has 8 heteroatoms. The Balaban J connectivity index is 1.74. The van der Waals surface area contributed by atoms with Gasteiger partial charge in [0.1, 0.15) is 11.9 Å². The molecule has 1 saturated carbocycles. The van der Waals surface area contributed by atoms with Crippen molar-refractivity contribution in [3.63, 3.8) is 0 Å². The molecule has 1 aromatic rings. The fraction of sp³-hybridized carbons (Fsp3) is 0.688. The average molecular weight is 376 g/mol. The minimum Gasteiger partial charge on any atom is -0.487 e. The number of halogens is 2. The minimum absolute atomic E-state index is 0.142. The van der Waals surface area contributed by atoms with Gasteiger partial charge in [0, 0.05) is 6.04 Å². The highest BCUT2D eigenvalue weighted by Crippen LogP contribution is 2.31. The number of nitrogens with zero attached hydrogens (tertiary/aromatic N) is 2. The Hall–Kier alpha value is -1.27. The van der Waals surface area contributed by atoms with Crippen LogP contribution in [0.25, 0.3) is 0 Å². The fourth-order valence-corrected chi connectivity index (χ4v) is 3.02. The van der Waals surface area contributed by atoms with Crippen molar-refractivity contribution >= 4 is 29.3 Å². The van der Waals surface area contributed by atoms with Crippen molar-refractivity contribution in [2.45, 2.75) is 58.1 Å². The van der Waals surface area contributed by atoms with Gasteiger partial charge in [-0.25, -0.2) is 14.8 Å². The first-order chi connectivity index (χ1) is 11.2. The number of hydrogen-bond acceptors (Lipinski definition) is 5. The van der Waals surface area contributed by atoms with Gasteiger partial charge >= 0.3 is 6.09 Å². The van der Waals surface area contributed by atoms with Gasteiger partial charge in [0.25, 0.3) is 0 Å². The van der Waals surface area contributed by atoms with Crippen LogP contribution in [0.5, 0.6) is 5.75 Å². The summed E-state index contributed by atoms with van der Waals surface area (Å²) in [5.74, 6) is 0.712. The average Bonchev–Trinajstić information content (AvgIpc) is 2.46. The van der Waals surface area contributed by atoms with E-state index in [2.05, 4.69) is 15.3 Å². The van der Waals surface area contributed by atoms with Crippen LogP contribution in [0.4, 0.5) is 4.79 Å². The molecule has 1 heterocycles.